The van der Waals surface area contributed by atoms with Gasteiger partial charge in [0, 0.05) is 43.7 Å². The molecule has 5 heteroatoms. The van der Waals surface area contributed by atoms with Crippen molar-refractivity contribution in [3.8, 4) is 0 Å². The zero-order valence-electron chi connectivity index (χ0n) is 13.2. The van der Waals surface area contributed by atoms with Crippen molar-refractivity contribution in [3.05, 3.63) is 36.2 Å². The van der Waals surface area contributed by atoms with Crippen LogP contribution in [0.15, 0.2) is 24.8 Å². The van der Waals surface area contributed by atoms with Gasteiger partial charge in [-0.1, -0.05) is 0 Å². The fourth-order valence-corrected chi connectivity index (χ4v) is 2.84. The molecule has 1 aliphatic heterocycles. The Kier molecular flexibility index (Phi) is 3.85. The van der Waals surface area contributed by atoms with E-state index < -0.39 is 0 Å². The molecule has 0 amide bonds. The zero-order chi connectivity index (χ0) is 14.9. The van der Waals surface area contributed by atoms with Crippen LogP contribution in [0, 0.1) is 5.92 Å². The van der Waals surface area contributed by atoms with Gasteiger partial charge in [-0.25, -0.2) is 4.98 Å². The summed E-state index contributed by atoms with van der Waals surface area (Å²) in [6.45, 7) is 9.54. The highest BCUT2D eigenvalue weighted by Gasteiger charge is 2.18. The normalized spacial score (nSPS) is 18.7. The Morgan fingerprint density at radius 1 is 1.38 bits per heavy atom. The van der Waals surface area contributed by atoms with Crippen LogP contribution in [0.4, 0.5) is 0 Å². The lowest BCUT2D eigenvalue weighted by atomic mass is 9.99. The molecule has 0 saturated carbocycles. The molecule has 1 atom stereocenters. The molecule has 21 heavy (non-hydrogen) atoms. The first-order valence-electron chi connectivity index (χ1n) is 7.77. The summed E-state index contributed by atoms with van der Waals surface area (Å²) in [6, 6.07) is 0. The third-order valence-corrected chi connectivity index (χ3v) is 4.12. The van der Waals surface area contributed by atoms with Gasteiger partial charge < -0.3 is 9.88 Å². The molecule has 0 saturated heterocycles. The van der Waals surface area contributed by atoms with Crippen molar-refractivity contribution >= 4 is 0 Å². The smallest absolute Gasteiger partial charge is 0.108 e. The second kappa shape index (κ2) is 5.64. The second-order valence-electron chi connectivity index (χ2n) is 7.00. The average molecular weight is 287 g/mol. The van der Waals surface area contributed by atoms with Crippen molar-refractivity contribution in [1.82, 2.24) is 24.6 Å². The molecule has 114 valence electrons. The number of aryl methyl sites for hydroxylation is 1. The first-order valence-corrected chi connectivity index (χ1v) is 7.77. The summed E-state index contributed by atoms with van der Waals surface area (Å²) in [5.74, 6) is 1.93. The van der Waals surface area contributed by atoms with E-state index in [2.05, 4.69) is 53.1 Å². The van der Waals surface area contributed by atoms with Gasteiger partial charge in [0.15, 0.2) is 0 Å². The van der Waals surface area contributed by atoms with E-state index in [1.54, 1.807) is 0 Å². The summed E-state index contributed by atoms with van der Waals surface area (Å²) in [7, 11) is 0. The largest absolute Gasteiger partial charge is 0.335 e. The SMILES string of the molecule is CC(C)(C)n1cc(CNC[C@@H]2CCc3nccn3C2)cn1. The Morgan fingerprint density at radius 3 is 3.00 bits per heavy atom. The Hall–Kier alpha value is -1.62. The molecule has 3 rings (SSSR count). The summed E-state index contributed by atoms with van der Waals surface area (Å²) < 4.78 is 4.32. The van der Waals surface area contributed by atoms with Gasteiger partial charge in [0.05, 0.1) is 11.7 Å². The fraction of sp³-hybridized carbons (Fsp3) is 0.625. The topological polar surface area (TPSA) is 47.7 Å². The van der Waals surface area contributed by atoms with Crippen LogP contribution in [0.5, 0.6) is 0 Å². The third kappa shape index (κ3) is 3.35. The van der Waals surface area contributed by atoms with Gasteiger partial charge in [-0.15, -0.1) is 0 Å². The number of fused-ring (bicyclic) bond motifs is 1. The highest BCUT2D eigenvalue weighted by molar-refractivity contribution is 5.05. The van der Waals surface area contributed by atoms with Gasteiger partial charge in [0.1, 0.15) is 5.82 Å². The van der Waals surface area contributed by atoms with E-state index in [-0.39, 0.29) is 5.54 Å². The van der Waals surface area contributed by atoms with E-state index in [0.717, 1.165) is 26.1 Å². The van der Waals surface area contributed by atoms with E-state index in [9.17, 15) is 0 Å². The zero-order valence-corrected chi connectivity index (χ0v) is 13.2. The second-order valence-corrected chi connectivity index (χ2v) is 7.00. The predicted molar refractivity (Wildman–Crippen MR) is 83.0 cm³/mol. The lowest BCUT2D eigenvalue weighted by Gasteiger charge is -2.24. The number of nitrogens with zero attached hydrogens (tertiary/aromatic N) is 4. The lowest BCUT2D eigenvalue weighted by molar-refractivity contribution is 0.346. The number of rotatable bonds is 4. The molecule has 5 nitrogen and oxygen atoms in total. The van der Waals surface area contributed by atoms with Crippen molar-refractivity contribution in [2.24, 2.45) is 5.92 Å². The first kappa shape index (κ1) is 14.3. The van der Waals surface area contributed by atoms with Gasteiger partial charge in [-0.3, -0.25) is 4.68 Å². The monoisotopic (exact) mass is 287 g/mol. The standard InChI is InChI=1S/C16H25N5/c1-16(2,3)21-12-14(10-19-21)9-17-8-13-4-5-15-18-6-7-20(15)11-13/h6-7,10,12-13,17H,4-5,8-9,11H2,1-3H3/t13-/m0/s1. The summed E-state index contributed by atoms with van der Waals surface area (Å²) in [5, 5.41) is 8.01. The van der Waals surface area contributed by atoms with Crippen molar-refractivity contribution in [3.63, 3.8) is 0 Å². The molecule has 2 aromatic heterocycles. The van der Waals surface area contributed by atoms with E-state index >= 15 is 0 Å². The van der Waals surface area contributed by atoms with Crippen LogP contribution in [-0.4, -0.2) is 25.9 Å². The summed E-state index contributed by atoms with van der Waals surface area (Å²) in [4.78, 5) is 4.38. The maximum Gasteiger partial charge on any atom is 0.108 e. The molecular formula is C16H25N5. The molecule has 0 fully saturated rings. The van der Waals surface area contributed by atoms with Crippen LogP contribution < -0.4 is 5.32 Å². The van der Waals surface area contributed by atoms with E-state index in [0.29, 0.717) is 5.92 Å². The molecule has 0 radical (unpaired) electrons. The molecule has 0 bridgehead atoms. The van der Waals surface area contributed by atoms with Gasteiger partial charge in [-0.05, 0) is 39.7 Å². The fourth-order valence-electron chi connectivity index (χ4n) is 2.84. The van der Waals surface area contributed by atoms with Gasteiger partial charge in [0.2, 0.25) is 0 Å². The summed E-state index contributed by atoms with van der Waals surface area (Å²) >= 11 is 0. The molecular weight excluding hydrogens is 262 g/mol. The van der Waals surface area contributed by atoms with E-state index in [1.807, 2.05) is 17.1 Å². The summed E-state index contributed by atoms with van der Waals surface area (Å²) in [5.41, 5.74) is 1.31. The molecule has 2 aromatic rings. The number of hydrogen-bond acceptors (Lipinski definition) is 3. The van der Waals surface area contributed by atoms with E-state index in [4.69, 9.17) is 0 Å². The number of nitrogens with one attached hydrogen (secondary N) is 1. The molecule has 3 heterocycles. The van der Waals surface area contributed by atoms with Crippen LogP contribution in [0.2, 0.25) is 0 Å². The molecule has 0 aliphatic carbocycles. The highest BCUT2D eigenvalue weighted by atomic mass is 15.3. The third-order valence-electron chi connectivity index (χ3n) is 4.12. The van der Waals surface area contributed by atoms with Crippen LogP contribution in [-0.2, 0) is 25.0 Å². The first-order chi connectivity index (χ1) is 10.0. The van der Waals surface area contributed by atoms with Crippen molar-refractivity contribution in [2.75, 3.05) is 6.54 Å². The van der Waals surface area contributed by atoms with Crippen molar-refractivity contribution < 1.29 is 0 Å². The Balaban J connectivity index is 1.48. The van der Waals surface area contributed by atoms with Crippen LogP contribution in [0.3, 0.4) is 0 Å². The number of hydrogen-bond donors (Lipinski definition) is 1. The van der Waals surface area contributed by atoms with Crippen molar-refractivity contribution in [1.29, 1.82) is 0 Å². The quantitative estimate of drug-likeness (QED) is 0.937. The lowest BCUT2D eigenvalue weighted by Crippen LogP contribution is -2.29. The predicted octanol–water partition coefficient (Wildman–Crippen LogP) is 2.19. The van der Waals surface area contributed by atoms with Gasteiger partial charge in [0.25, 0.3) is 0 Å². The number of imidazole rings is 1. The molecule has 0 unspecified atom stereocenters. The Labute approximate surface area is 126 Å². The van der Waals surface area contributed by atoms with E-state index in [1.165, 1.54) is 17.8 Å². The molecule has 0 spiro atoms. The minimum Gasteiger partial charge on any atom is -0.335 e. The maximum atomic E-state index is 4.44. The Bertz CT molecular complexity index is 590. The van der Waals surface area contributed by atoms with Gasteiger partial charge >= 0.3 is 0 Å². The molecule has 0 aromatic carbocycles. The highest BCUT2D eigenvalue weighted by Crippen LogP contribution is 2.18. The maximum absolute atomic E-state index is 4.44. The number of aromatic nitrogens is 4. The average Bonchev–Trinajstić information content (AvgIpc) is 3.05. The molecule has 1 aliphatic rings. The van der Waals surface area contributed by atoms with Crippen molar-refractivity contribution in [2.45, 2.75) is 52.2 Å². The molecule has 1 N–H and O–H groups in total. The summed E-state index contributed by atoms with van der Waals surface area (Å²) in [6.07, 6.45) is 10.4. The minimum absolute atomic E-state index is 0.0550. The minimum atomic E-state index is 0.0550. The van der Waals surface area contributed by atoms with Crippen LogP contribution in [0.1, 0.15) is 38.6 Å². The van der Waals surface area contributed by atoms with Crippen LogP contribution in [0.25, 0.3) is 0 Å². The van der Waals surface area contributed by atoms with Crippen LogP contribution >= 0.6 is 0 Å². The Morgan fingerprint density at radius 2 is 2.24 bits per heavy atom. The van der Waals surface area contributed by atoms with Gasteiger partial charge in [-0.2, -0.15) is 5.10 Å².